The molecule has 0 fully saturated rings. The Morgan fingerprint density at radius 3 is 2.48 bits per heavy atom. The van der Waals surface area contributed by atoms with E-state index >= 15 is 0 Å². The highest BCUT2D eigenvalue weighted by Crippen LogP contribution is 2.12. The molecule has 0 spiro atoms. The number of benzene rings is 2. The highest BCUT2D eigenvalue weighted by Gasteiger charge is 2.24. The number of amides is 2. The molecule has 0 bridgehead atoms. The zero-order valence-electron chi connectivity index (χ0n) is 17.4. The fourth-order valence-electron chi connectivity index (χ4n) is 2.49. The van der Waals surface area contributed by atoms with Crippen LogP contribution in [-0.4, -0.2) is 43.8 Å². The molecule has 2 N–H and O–H groups in total. The van der Waals surface area contributed by atoms with E-state index in [0.29, 0.717) is 11.3 Å². The number of carbonyl (C=O) groups is 3. The Balaban J connectivity index is 1.96. The van der Waals surface area contributed by atoms with Crippen molar-refractivity contribution < 1.29 is 28.2 Å². The van der Waals surface area contributed by atoms with Crippen LogP contribution in [0, 0.1) is 11.7 Å². The predicted octanol–water partition coefficient (Wildman–Crippen LogP) is 2.28. The second-order valence-electron chi connectivity index (χ2n) is 6.87. The fraction of sp³-hybridized carbons (Fsp3) is 0.273. The van der Waals surface area contributed by atoms with Crippen molar-refractivity contribution in [3.05, 3.63) is 65.5 Å². The zero-order chi connectivity index (χ0) is 22.8. The third-order valence-electron chi connectivity index (χ3n) is 4.17. The van der Waals surface area contributed by atoms with Gasteiger partial charge < -0.3 is 14.8 Å². The molecule has 0 saturated carbocycles. The Morgan fingerprint density at radius 1 is 1.13 bits per heavy atom. The molecule has 9 heteroatoms. The molecular weight excluding hydrogens is 405 g/mol. The first-order valence-electron chi connectivity index (χ1n) is 9.49. The molecule has 2 amide bonds. The van der Waals surface area contributed by atoms with E-state index in [1.807, 2.05) is 0 Å². The van der Waals surface area contributed by atoms with Crippen LogP contribution >= 0.6 is 0 Å². The molecule has 164 valence electrons. The molecule has 0 radical (unpaired) electrons. The number of methoxy groups -OCH3 is 1. The van der Waals surface area contributed by atoms with Crippen LogP contribution in [-0.2, 0) is 14.3 Å². The average Bonchev–Trinajstić information content (AvgIpc) is 2.76. The molecule has 1 atom stereocenters. The maximum absolute atomic E-state index is 13.0. The average molecular weight is 429 g/mol. The van der Waals surface area contributed by atoms with Crippen LogP contribution in [0.2, 0.25) is 0 Å². The molecular formula is C22H24FN3O5. The summed E-state index contributed by atoms with van der Waals surface area (Å²) in [4.78, 5) is 36.0. The van der Waals surface area contributed by atoms with Crippen molar-refractivity contribution in [3.63, 3.8) is 0 Å². The van der Waals surface area contributed by atoms with Gasteiger partial charge in [0.1, 0.15) is 17.6 Å². The van der Waals surface area contributed by atoms with Crippen molar-refractivity contribution in [1.29, 1.82) is 0 Å². The summed E-state index contributed by atoms with van der Waals surface area (Å²) in [5.41, 5.74) is 3.27. The number of halogens is 1. The van der Waals surface area contributed by atoms with Gasteiger partial charge in [-0.1, -0.05) is 26.0 Å². The molecule has 31 heavy (non-hydrogen) atoms. The summed E-state index contributed by atoms with van der Waals surface area (Å²) in [7, 11) is 1.27. The summed E-state index contributed by atoms with van der Waals surface area (Å²) in [6, 6.07) is 10.9. The van der Waals surface area contributed by atoms with Gasteiger partial charge in [0.05, 0.1) is 13.3 Å². The number of esters is 1. The van der Waals surface area contributed by atoms with E-state index in [0.717, 1.165) is 0 Å². The molecule has 0 saturated heterocycles. The lowest BCUT2D eigenvalue weighted by atomic mass is 10.0. The van der Waals surface area contributed by atoms with Gasteiger partial charge in [-0.25, -0.2) is 14.6 Å². The van der Waals surface area contributed by atoms with Gasteiger partial charge >= 0.3 is 5.97 Å². The van der Waals surface area contributed by atoms with E-state index in [4.69, 9.17) is 4.74 Å². The van der Waals surface area contributed by atoms with Crippen LogP contribution in [0.15, 0.2) is 53.6 Å². The van der Waals surface area contributed by atoms with Crippen molar-refractivity contribution >= 4 is 24.0 Å². The SMILES string of the molecule is COC(=O)COc1cccc(/C=N/NC(=O)C(NC(=O)c2ccc(F)cc2)C(C)C)c1. The van der Waals surface area contributed by atoms with Gasteiger partial charge in [0.25, 0.3) is 11.8 Å². The van der Waals surface area contributed by atoms with Crippen molar-refractivity contribution in [3.8, 4) is 5.75 Å². The van der Waals surface area contributed by atoms with Crippen molar-refractivity contribution in [1.82, 2.24) is 10.7 Å². The first-order chi connectivity index (χ1) is 14.8. The molecule has 8 nitrogen and oxygen atoms in total. The van der Waals surface area contributed by atoms with Gasteiger partial charge in [0.15, 0.2) is 6.61 Å². The van der Waals surface area contributed by atoms with Gasteiger partial charge in [0, 0.05) is 5.56 Å². The summed E-state index contributed by atoms with van der Waals surface area (Å²) in [6.45, 7) is 3.33. The third-order valence-corrected chi connectivity index (χ3v) is 4.17. The molecule has 2 rings (SSSR count). The monoisotopic (exact) mass is 429 g/mol. The topological polar surface area (TPSA) is 106 Å². The number of hydrogen-bond donors (Lipinski definition) is 2. The Hall–Kier alpha value is -3.75. The zero-order valence-corrected chi connectivity index (χ0v) is 17.4. The highest BCUT2D eigenvalue weighted by atomic mass is 19.1. The minimum Gasteiger partial charge on any atom is -0.482 e. The molecule has 0 aliphatic rings. The molecule has 2 aromatic carbocycles. The largest absolute Gasteiger partial charge is 0.482 e. The summed E-state index contributed by atoms with van der Waals surface area (Å²) >= 11 is 0. The smallest absolute Gasteiger partial charge is 0.343 e. The van der Waals surface area contributed by atoms with Crippen LogP contribution in [0.25, 0.3) is 0 Å². The number of ether oxygens (including phenoxy) is 2. The summed E-state index contributed by atoms with van der Waals surface area (Å²) in [5, 5.41) is 6.55. The van der Waals surface area contributed by atoms with E-state index in [2.05, 4.69) is 20.6 Å². The van der Waals surface area contributed by atoms with Crippen LogP contribution in [0.5, 0.6) is 5.75 Å². The summed E-state index contributed by atoms with van der Waals surface area (Å²) in [6.07, 6.45) is 1.40. The van der Waals surface area contributed by atoms with E-state index in [9.17, 15) is 18.8 Å². The molecule has 0 aliphatic carbocycles. The van der Waals surface area contributed by atoms with Crippen molar-refractivity contribution in [2.45, 2.75) is 19.9 Å². The Bertz CT molecular complexity index is 944. The summed E-state index contributed by atoms with van der Waals surface area (Å²) in [5.74, 6) is -1.73. The number of hydrazone groups is 1. The maximum atomic E-state index is 13.0. The molecule has 0 heterocycles. The van der Waals surface area contributed by atoms with Crippen LogP contribution in [0.4, 0.5) is 4.39 Å². The lowest BCUT2D eigenvalue weighted by Crippen LogP contribution is -2.48. The van der Waals surface area contributed by atoms with Crippen molar-refractivity contribution in [2.24, 2.45) is 11.0 Å². The number of nitrogens with zero attached hydrogens (tertiary/aromatic N) is 1. The normalized spacial score (nSPS) is 11.8. The first-order valence-corrected chi connectivity index (χ1v) is 9.49. The molecule has 2 aromatic rings. The second kappa shape index (κ2) is 11.4. The van der Waals surface area contributed by atoms with Crippen LogP contribution in [0.1, 0.15) is 29.8 Å². The number of nitrogens with one attached hydrogen (secondary N) is 2. The minimum absolute atomic E-state index is 0.213. The number of hydrogen-bond acceptors (Lipinski definition) is 6. The predicted molar refractivity (Wildman–Crippen MR) is 112 cm³/mol. The van der Waals surface area contributed by atoms with Gasteiger partial charge in [-0.15, -0.1) is 0 Å². The van der Waals surface area contributed by atoms with Gasteiger partial charge in [0.2, 0.25) is 0 Å². The van der Waals surface area contributed by atoms with Crippen molar-refractivity contribution in [2.75, 3.05) is 13.7 Å². The first kappa shape index (κ1) is 23.5. The molecule has 0 aliphatic heterocycles. The highest BCUT2D eigenvalue weighted by molar-refractivity contribution is 5.97. The maximum Gasteiger partial charge on any atom is 0.343 e. The number of rotatable bonds is 9. The lowest BCUT2D eigenvalue weighted by molar-refractivity contribution is -0.142. The van der Waals surface area contributed by atoms with Gasteiger partial charge in [-0.2, -0.15) is 5.10 Å². The number of carbonyl (C=O) groups excluding carboxylic acids is 3. The van der Waals surface area contributed by atoms with Crippen LogP contribution < -0.4 is 15.5 Å². The van der Waals surface area contributed by atoms with Crippen LogP contribution in [0.3, 0.4) is 0 Å². The second-order valence-corrected chi connectivity index (χ2v) is 6.87. The van der Waals surface area contributed by atoms with E-state index in [1.54, 1.807) is 38.1 Å². The van der Waals surface area contributed by atoms with E-state index in [-0.39, 0.29) is 18.1 Å². The quantitative estimate of drug-likeness (QED) is 0.361. The van der Waals surface area contributed by atoms with E-state index in [1.165, 1.54) is 37.6 Å². The molecule has 0 aromatic heterocycles. The van der Waals surface area contributed by atoms with Gasteiger partial charge in [-0.05, 0) is 47.9 Å². The molecule has 1 unspecified atom stereocenters. The lowest BCUT2D eigenvalue weighted by Gasteiger charge is -2.20. The Labute approximate surface area is 179 Å². The minimum atomic E-state index is -0.843. The van der Waals surface area contributed by atoms with Gasteiger partial charge in [-0.3, -0.25) is 9.59 Å². The summed E-state index contributed by atoms with van der Waals surface area (Å²) < 4.78 is 22.8. The Kier molecular flexibility index (Phi) is 8.68. The third kappa shape index (κ3) is 7.54. The fourth-order valence-corrected chi connectivity index (χ4v) is 2.49. The Morgan fingerprint density at radius 2 is 1.84 bits per heavy atom. The standard InChI is InChI=1S/C22H24FN3O5/c1-14(2)20(25-21(28)16-7-9-17(23)10-8-16)22(29)26-24-12-15-5-4-6-18(11-15)31-13-19(27)30-3/h4-12,14,20H,13H2,1-3H3,(H,25,28)(H,26,29)/b24-12+. The van der Waals surface area contributed by atoms with E-state index < -0.39 is 29.6 Å².